The van der Waals surface area contributed by atoms with Gasteiger partial charge in [-0.1, -0.05) is 50.1 Å². The molecule has 1 aliphatic rings. The number of rotatable bonds is 6. The highest BCUT2D eigenvalue weighted by Crippen LogP contribution is 2.10. The third-order valence-corrected chi connectivity index (χ3v) is 4.51. The van der Waals surface area contributed by atoms with E-state index < -0.39 is 6.04 Å². The number of hydrogen-bond donors (Lipinski definition) is 2. The second-order valence-corrected chi connectivity index (χ2v) is 6.84. The second-order valence-electron chi connectivity index (χ2n) is 6.84. The van der Waals surface area contributed by atoms with Crippen molar-refractivity contribution < 1.29 is 9.59 Å². The van der Waals surface area contributed by atoms with Gasteiger partial charge >= 0.3 is 6.03 Å². The summed E-state index contributed by atoms with van der Waals surface area (Å²) in [4.78, 5) is 29.0. The van der Waals surface area contributed by atoms with Crippen LogP contribution in [0.25, 0.3) is 0 Å². The predicted octanol–water partition coefficient (Wildman–Crippen LogP) is 1.29. The van der Waals surface area contributed by atoms with Crippen molar-refractivity contribution in [3.63, 3.8) is 0 Å². The van der Waals surface area contributed by atoms with Gasteiger partial charge in [-0.25, -0.2) is 4.79 Å². The topological polar surface area (TPSA) is 64.7 Å². The lowest BCUT2D eigenvalue weighted by atomic mass is 10.0. The number of nitrogens with zero attached hydrogens (tertiary/aromatic N) is 2. The molecule has 2 N–H and O–H groups in total. The van der Waals surface area contributed by atoms with Crippen LogP contribution < -0.4 is 10.6 Å². The Morgan fingerprint density at radius 1 is 1.15 bits per heavy atom. The van der Waals surface area contributed by atoms with Crippen molar-refractivity contribution in [2.75, 3.05) is 32.7 Å². The number of carbonyl (C=O) groups excluding carboxylic acids is 2. The SMILES string of the molecule is C#CCN1CCN(C(=O)C(NC(=O)NCc2ccccc2)C(C)C)CC1. The molecule has 0 radical (unpaired) electrons. The summed E-state index contributed by atoms with van der Waals surface area (Å²) in [6, 6.07) is 8.81. The molecule has 1 saturated heterocycles. The predicted molar refractivity (Wildman–Crippen MR) is 102 cm³/mol. The van der Waals surface area contributed by atoms with Crippen LogP contribution in [0.4, 0.5) is 4.79 Å². The minimum atomic E-state index is -0.537. The second kappa shape index (κ2) is 9.83. The first kappa shape index (κ1) is 19.8. The number of terminal acetylenes is 1. The molecule has 2 rings (SSSR count). The zero-order valence-electron chi connectivity index (χ0n) is 15.6. The lowest BCUT2D eigenvalue weighted by Crippen LogP contribution is -2.57. The number of carbonyl (C=O) groups is 2. The van der Waals surface area contributed by atoms with Gasteiger partial charge in [-0.15, -0.1) is 6.42 Å². The molecule has 0 spiro atoms. The fourth-order valence-electron chi connectivity index (χ4n) is 2.94. The molecule has 0 bridgehead atoms. The highest BCUT2D eigenvalue weighted by atomic mass is 16.2. The number of hydrogen-bond acceptors (Lipinski definition) is 3. The Morgan fingerprint density at radius 3 is 2.38 bits per heavy atom. The maximum Gasteiger partial charge on any atom is 0.315 e. The van der Waals surface area contributed by atoms with Crippen LogP contribution in [-0.2, 0) is 11.3 Å². The normalized spacial score (nSPS) is 16.0. The molecule has 0 saturated carbocycles. The maximum atomic E-state index is 12.8. The average molecular weight is 356 g/mol. The van der Waals surface area contributed by atoms with E-state index in [-0.39, 0.29) is 17.9 Å². The number of piperazine rings is 1. The van der Waals surface area contributed by atoms with Crippen molar-refractivity contribution in [1.29, 1.82) is 0 Å². The fraction of sp³-hybridized carbons (Fsp3) is 0.500. The minimum absolute atomic E-state index is 0.00807. The van der Waals surface area contributed by atoms with Gasteiger partial charge in [0.15, 0.2) is 0 Å². The van der Waals surface area contributed by atoms with Gasteiger partial charge in [-0.05, 0) is 11.5 Å². The fourth-order valence-corrected chi connectivity index (χ4v) is 2.94. The Hall–Kier alpha value is -2.52. The van der Waals surface area contributed by atoms with E-state index in [1.807, 2.05) is 49.1 Å². The van der Waals surface area contributed by atoms with Crippen LogP contribution >= 0.6 is 0 Å². The van der Waals surface area contributed by atoms with Crippen LogP contribution in [-0.4, -0.2) is 60.5 Å². The molecule has 6 nitrogen and oxygen atoms in total. The molecule has 1 atom stereocenters. The molecule has 26 heavy (non-hydrogen) atoms. The molecule has 1 aromatic carbocycles. The smallest absolute Gasteiger partial charge is 0.315 e. The van der Waals surface area contributed by atoms with Crippen LogP contribution in [0, 0.1) is 18.3 Å². The largest absolute Gasteiger partial charge is 0.338 e. The van der Waals surface area contributed by atoms with Crippen LogP contribution in [0.15, 0.2) is 30.3 Å². The van der Waals surface area contributed by atoms with Crippen molar-refractivity contribution in [3.8, 4) is 12.3 Å². The monoisotopic (exact) mass is 356 g/mol. The van der Waals surface area contributed by atoms with Crippen molar-refractivity contribution in [2.24, 2.45) is 5.92 Å². The highest BCUT2D eigenvalue weighted by Gasteiger charge is 2.30. The van der Waals surface area contributed by atoms with Crippen molar-refractivity contribution in [1.82, 2.24) is 20.4 Å². The van der Waals surface area contributed by atoms with Gasteiger partial charge in [0.2, 0.25) is 5.91 Å². The zero-order valence-corrected chi connectivity index (χ0v) is 15.6. The van der Waals surface area contributed by atoms with Crippen molar-refractivity contribution in [3.05, 3.63) is 35.9 Å². The Kier molecular flexibility index (Phi) is 7.49. The average Bonchev–Trinajstić information content (AvgIpc) is 2.65. The van der Waals surface area contributed by atoms with Crippen molar-refractivity contribution >= 4 is 11.9 Å². The van der Waals surface area contributed by atoms with Crippen LogP contribution in [0.3, 0.4) is 0 Å². The van der Waals surface area contributed by atoms with Gasteiger partial charge in [0, 0.05) is 32.7 Å². The van der Waals surface area contributed by atoms with E-state index in [9.17, 15) is 9.59 Å². The van der Waals surface area contributed by atoms with E-state index in [2.05, 4.69) is 21.5 Å². The third-order valence-electron chi connectivity index (χ3n) is 4.51. The minimum Gasteiger partial charge on any atom is -0.338 e. The number of urea groups is 1. The lowest BCUT2D eigenvalue weighted by molar-refractivity contribution is -0.135. The summed E-state index contributed by atoms with van der Waals surface area (Å²) >= 11 is 0. The van der Waals surface area contributed by atoms with E-state index in [1.165, 1.54) is 0 Å². The zero-order chi connectivity index (χ0) is 18.9. The van der Waals surface area contributed by atoms with Crippen molar-refractivity contribution in [2.45, 2.75) is 26.4 Å². The van der Waals surface area contributed by atoms with Gasteiger partial charge in [0.1, 0.15) is 6.04 Å². The van der Waals surface area contributed by atoms with E-state index in [0.717, 1.165) is 18.7 Å². The summed E-state index contributed by atoms with van der Waals surface area (Å²) in [6.45, 7) is 7.71. The summed E-state index contributed by atoms with van der Waals surface area (Å²) in [5.41, 5.74) is 1.01. The molecule has 1 unspecified atom stereocenters. The van der Waals surface area contributed by atoms with E-state index in [1.54, 1.807) is 0 Å². The van der Waals surface area contributed by atoms with Crippen LogP contribution in [0.1, 0.15) is 19.4 Å². The summed E-state index contributed by atoms with van der Waals surface area (Å²) in [5.74, 6) is 2.61. The first-order valence-electron chi connectivity index (χ1n) is 9.04. The van der Waals surface area contributed by atoms with Gasteiger partial charge in [-0.3, -0.25) is 9.69 Å². The first-order chi connectivity index (χ1) is 12.5. The number of amides is 3. The molecule has 1 fully saturated rings. The van der Waals surface area contributed by atoms with E-state index in [4.69, 9.17) is 6.42 Å². The number of benzene rings is 1. The van der Waals surface area contributed by atoms with Crippen LogP contribution in [0.5, 0.6) is 0 Å². The summed E-state index contributed by atoms with van der Waals surface area (Å²) in [5, 5.41) is 5.65. The Labute approximate surface area is 155 Å². The summed E-state index contributed by atoms with van der Waals surface area (Å²) < 4.78 is 0. The van der Waals surface area contributed by atoms with Gasteiger partial charge < -0.3 is 15.5 Å². The Morgan fingerprint density at radius 2 is 1.81 bits per heavy atom. The summed E-state index contributed by atoms with van der Waals surface area (Å²) in [6.07, 6.45) is 5.34. The quantitative estimate of drug-likeness (QED) is 0.755. The van der Waals surface area contributed by atoms with E-state index >= 15 is 0 Å². The highest BCUT2D eigenvalue weighted by molar-refractivity contribution is 5.87. The third kappa shape index (κ3) is 5.78. The van der Waals surface area contributed by atoms with Gasteiger partial charge in [0.05, 0.1) is 6.54 Å². The molecule has 0 aromatic heterocycles. The van der Waals surface area contributed by atoms with Crippen LogP contribution in [0.2, 0.25) is 0 Å². The molecule has 0 aliphatic carbocycles. The molecule has 1 heterocycles. The lowest BCUT2D eigenvalue weighted by Gasteiger charge is -2.36. The molecule has 140 valence electrons. The standard InChI is InChI=1S/C20H28N4O2/c1-4-10-23-11-13-24(14-12-23)19(25)18(16(2)3)22-20(26)21-15-17-8-6-5-7-9-17/h1,5-9,16,18H,10-15H2,2-3H3,(H2,21,22,26). The Bertz CT molecular complexity index is 631. The Balaban J connectivity index is 1.86. The molecule has 1 aliphatic heterocycles. The molecule has 6 heteroatoms. The molecular weight excluding hydrogens is 328 g/mol. The van der Waals surface area contributed by atoms with E-state index in [0.29, 0.717) is 26.2 Å². The molecular formula is C20H28N4O2. The first-order valence-corrected chi connectivity index (χ1v) is 9.04. The number of nitrogens with one attached hydrogen (secondary N) is 2. The molecule has 1 aromatic rings. The van der Waals surface area contributed by atoms with Gasteiger partial charge in [0.25, 0.3) is 0 Å². The maximum absolute atomic E-state index is 12.8. The van der Waals surface area contributed by atoms with Gasteiger partial charge in [-0.2, -0.15) is 0 Å². The molecule has 3 amide bonds. The summed E-state index contributed by atoms with van der Waals surface area (Å²) in [7, 11) is 0.